The van der Waals surface area contributed by atoms with Gasteiger partial charge in [0.1, 0.15) is 0 Å². The summed E-state index contributed by atoms with van der Waals surface area (Å²) in [6.45, 7) is 5.65. The topological polar surface area (TPSA) is 0 Å². The molecule has 0 saturated heterocycles. The maximum absolute atomic E-state index is 3.62. The third kappa shape index (κ3) is 964. The molecule has 0 atom stereocenters. The van der Waals surface area contributed by atoms with Crippen molar-refractivity contribution in [3.8, 4) is 0 Å². The Hall–Kier alpha value is -0.0431. The molecule has 4 heavy (non-hydrogen) atoms. The van der Waals surface area contributed by atoms with Crippen LogP contribution in [0, 0.1) is 0 Å². The Morgan fingerprint density at radius 3 is 2.00 bits per heavy atom. The highest BCUT2D eigenvalue weighted by Gasteiger charge is 1.52. The molecular weight excluding hydrogens is 64.1 g/mol. The number of hydrogen-bond acceptors (Lipinski definition) is 0. The molecule has 0 unspecified atom stereocenters. The lowest BCUT2D eigenvalue weighted by Gasteiger charge is -1.65. The largest absolute Gasteiger partial charge is 0.105 e. The molecule has 0 spiro atoms. The van der Waals surface area contributed by atoms with Crippen LogP contribution in [0.5, 0.6) is 0 Å². The van der Waals surface area contributed by atoms with Crippen molar-refractivity contribution in [1.82, 2.24) is 0 Å². The minimum atomic E-state index is 1.15. The van der Waals surface area contributed by atoms with Crippen molar-refractivity contribution in [2.75, 3.05) is 0 Å². The predicted octanol–water partition coefficient (Wildman–Crippen LogP) is -0.115. The first-order chi connectivity index (χ1) is 1.73. The van der Waals surface area contributed by atoms with Crippen LogP contribution in [0.25, 0.3) is 0 Å². The van der Waals surface area contributed by atoms with Crippen LogP contribution in [0.15, 0.2) is 11.8 Å². The van der Waals surface area contributed by atoms with E-state index in [0.29, 0.717) is 0 Å². The zero-order valence-electron chi connectivity index (χ0n) is 3.21. The fraction of sp³-hybridized carbons (Fsp3) is 0.333. The maximum Gasteiger partial charge on any atom is 0.0321 e. The minimum absolute atomic E-state index is 1.15. The highest BCUT2D eigenvalue weighted by atomic mass is 28.1. The second-order valence-corrected chi connectivity index (χ2v) is 2.91. The van der Waals surface area contributed by atoms with Crippen LogP contribution in [0.2, 0.25) is 0 Å². The zero-order valence-corrected chi connectivity index (χ0v) is 5.21. The third-order valence-electron chi connectivity index (χ3n) is 0. The van der Waals surface area contributed by atoms with Gasteiger partial charge in [0.2, 0.25) is 0 Å². The van der Waals surface area contributed by atoms with E-state index < -0.39 is 0 Å². The van der Waals surface area contributed by atoms with Gasteiger partial charge >= 0.3 is 0 Å². The van der Waals surface area contributed by atoms with Gasteiger partial charge in [-0.15, -0.1) is 11.8 Å². The zero-order chi connectivity index (χ0) is 3.58. The van der Waals surface area contributed by atoms with Gasteiger partial charge in [-0.2, -0.15) is 0 Å². The quantitative estimate of drug-likeness (QED) is 0.350. The third-order valence-corrected chi connectivity index (χ3v) is 0. The van der Waals surface area contributed by atoms with Crippen LogP contribution in [-0.4, -0.2) is 10.2 Å². The van der Waals surface area contributed by atoms with Crippen LogP contribution in [-0.2, 0) is 0 Å². The summed E-state index contributed by atoms with van der Waals surface area (Å²) in [7, 11) is 1.15. The average molecular weight is 72.2 g/mol. The van der Waals surface area contributed by atoms with Gasteiger partial charge in [0, 0.05) is 10.2 Å². The highest BCUT2D eigenvalue weighted by Crippen LogP contribution is 1.65. The van der Waals surface area contributed by atoms with Gasteiger partial charge in [-0.05, 0) is 6.92 Å². The second-order valence-electron chi connectivity index (χ2n) is 1.21. The molecule has 1 heteroatoms. The Labute approximate surface area is 30.0 Å². The molecule has 0 N–H and O–H groups in total. The first kappa shape index (κ1) is 3.96. The van der Waals surface area contributed by atoms with Crippen LogP contribution in [0.4, 0.5) is 0 Å². The fourth-order valence-corrected chi connectivity index (χ4v) is 0. The summed E-state index contributed by atoms with van der Waals surface area (Å²) in [5, 5.41) is 1.31. The van der Waals surface area contributed by atoms with E-state index >= 15 is 0 Å². The van der Waals surface area contributed by atoms with Crippen molar-refractivity contribution in [3.63, 3.8) is 0 Å². The van der Waals surface area contributed by atoms with E-state index in [0.717, 1.165) is 10.2 Å². The van der Waals surface area contributed by atoms with Crippen LogP contribution in [0.3, 0.4) is 0 Å². The summed E-state index contributed by atoms with van der Waals surface area (Å²) in [6.07, 6.45) is 0. The SMILES string of the molecule is C=C(C)[SiH3]. The van der Waals surface area contributed by atoms with Gasteiger partial charge < -0.3 is 0 Å². The predicted molar refractivity (Wildman–Crippen MR) is 24.8 cm³/mol. The summed E-state index contributed by atoms with van der Waals surface area (Å²) in [4.78, 5) is 0. The summed E-state index contributed by atoms with van der Waals surface area (Å²) in [6, 6.07) is 0. The lowest BCUT2D eigenvalue weighted by Crippen LogP contribution is -1.56. The van der Waals surface area contributed by atoms with Gasteiger partial charge in [-0.3, -0.25) is 0 Å². The molecule has 0 aliphatic rings. The van der Waals surface area contributed by atoms with E-state index in [2.05, 4.69) is 6.58 Å². The molecule has 0 aliphatic heterocycles. The van der Waals surface area contributed by atoms with Crippen LogP contribution >= 0.6 is 0 Å². The van der Waals surface area contributed by atoms with E-state index in [1.54, 1.807) is 0 Å². The number of allylic oxidation sites excluding steroid dienone is 1. The van der Waals surface area contributed by atoms with Crippen molar-refractivity contribution < 1.29 is 0 Å². The fourth-order valence-electron chi connectivity index (χ4n) is 0. The Morgan fingerprint density at radius 1 is 2.00 bits per heavy atom. The molecule has 0 aromatic rings. The smallest absolute Gasteiger partial charge is 0.0321 e. The van der Waals surface area contributed by atoms with E-state index in [-0.39, 0.29) is 0 Å². The molecule has 0 saturated carbocycles. The lowest BCUT2D eigenvalue weighted by molar-refractivity contribution is 1.72. The molecule has 0 fully saturated rings. The van der Waals surface area contributed by atoms with Crippen molar-refractivity contribution in [1.29, 1.82) is 0 Å². The second kappa shape index (κ2) is 1.30. The summed E-state index contributed by atoms with van der Waals surface area (Å²) in [5.74, 6) is 0. The van der Waals surface area contributed by atoms with Gasteiger partial charge in [-0.25, -0.2) is 0 Å². The number of hydrogen-bond donors (Lipinski definition) is 0. The molecule has 0 rings (SSSR count). The molecule has 0 bridgehead atoms. The molecule has 24 valence electrons. The molecule has 0 aromatic heterocycles. The normalized spacial score (nSPS) is 7.25. The molecule has 0 amide bonds. The van der Waals surface area contributed by atoms with Crippen molar-refractivity contribution >= 4 is 10.2 Å². The van der Waals surface area contributed by atoms with Crippen molar-refractivity contribution in [2.24, 2.45) is 0 Å². The first-order valence-electron chi connectivity index (χ1n) is 1.35. The molecule has 0 aromatic carbocycles. The van der Waals surface area contributed by atoms with Crippen LogP contribution in [0.1, 0.15) is 6.92 Å². The van der Waals surface area contributed by atoms with Gasteiger partial charge in [-0.1, -0.05) is 0 Å². The van der Waals surface area contributed by atoms with Crippen LogP contribution < -0.4 is 0 Å². The standard InChI is InChI=1S/C3H8Si/c1-3(2)4/h1H2,2,4H3. The van der Waals surface area contributed by atoms with Crippen molar-refractivity contribution in [3.05, 3.63) is 11.8 Å². The Morgan fingerprint density at radius 2 is 2.00 bits per heavy atom. The van der Waals surface area contributed by atoms with Gasteiger partial charge in [0.15, 0.2) is 0 Å². The van der Waals surface area contributed by atoms with E-state index in [9.17, 15) is 0 Å². The molecule has 0 heterocycles. The Balaban J connectivity index is 2.80. The minimum Gasteiger partial charge on any atom is -0.105 e. The highest BCUT2D eigenvalue weighted by molar-refractivity contribution is 6.20. The van der Waals surface area contributed by atoms with E-state index in [1.807, 2.05) is 6.92 Å². The molecular formula is C3H8Si. The summed E-state index contributed by atoms with van der Waals surface area (Å²) in [5.41, 5.74) is 0. The maximum atomic E-state index is 3.62. The summed E-state index contributed by atoms with van der Waals surface area (Å²) < 4.78 is 0. The Bertz CT molecular complexity index is 26.3. The molecule has 0 nitrogen and oxygen atoms in total. The van der Waals surface area contributed by atoms with Gasteiger partial charge in [0.25, 0.3) is 0 Å². The lowest BCUT2D eigenvalue weighted by atomic mass is 10.8. The van der Waals surface area contributed by atoms with E-state index in [4.69, 9.17) is 0 Å². The monoisotopic (exact) mass is 72.0 g/mol. The molecule has 0 aliphatic carbocycles. The average Bonchev–Trinajstić information content (AvgIpc) is 0.811. The first-order valence-corrected chi connectivity index (χ1v) is 2.35. The molecule has 0 radical (unpaired) electrons. The van der Waals surface area contributed by atoms with Gasteiger partial charge in [0.05, 0.1) is 0 Å². The van der Waals surface area contributed by atoms with Crippen molar-refractivity contribution in [2.45, 2.75) is 6.92 Å². The number of rotatable bonds is 0. The summed E-state index contributed by atoms with van der Waals surface area (Å²) >= 11 is 0. The Kier molecular flexibility index (Phi) is 1.28. The van der Waals surface area contributed by atoms with E-state index in [1.165, 1.54) is 5.20 Å².